The number of aliphatic carboxylic acids is 1. The van der Waals surface area contributed by atoms with Gasteiger partial charge in [0.2, 0.25) is 0 Å². The molecule has 0 rings (SSSR count). The number of carboxylic acid groups (broad SMARTS) is 1. The van der Waals surface area contributed by atoms with Gasteiger partial charge in [0, 0.05) is 12.8 Å². The molecule has 0 bridgehead atoms. The lowest BCUT2D eigenvalue weighted by molar-refractivity contribution is -0.870. The molecule has 0 aliphatic rings. The zero-order chi connectivity index (χ0) is 67.5. The highest BCUT2D eigenvalue weighted by atomic mass is 16.7. The van der Waals surface area contributed by atoms with Crippen LogP contribution in [0.25, 0.3) is 0 Å². The van der Waals surface area contributed by atoms with Gasteiger partial charge in [-0.3, -0.25) is 9.59 Å². The number of hydrogen-bond acceptors (Lipinski definition) is 8. The minimum absolute atomic E-state index is 0.147. The number of esters is 2. The molecule has 0 aliphatic carbocycles. The van der Waals surface area contributed by atoms with Crippen molar-refractivity contribution in [2.75, 3.05) is 47.5 Å². The zero-order valence-electron chi connectivity index (χ0n) is 61.6. The predicted molar refractivity (Wildman–Crippen MR) is 398 cm³/mol. The SMILES string of the molecule is CC/C=C\C/C=C\C/C=C\C/C=C\C/C=C\C/C=C\C/C=C\C/C=C\CCCCCCCCCCCCCCCCC(=O)OC(COC(=O)CCCCCCCCCCCCCCCCCCCCCCCCCCCCCCC)COC(OCC[N+](C)(C)C)C(=O)[O-]. The number of quaternary nitrogens is 1. The number of carbonyl (C=O) groups is 3. The Morgan fingerprint density at radius 1 is 0.333 bits per heavy atom. The Morgan fingerprint density at radius 2 is 0.613 bits per heavy atom. The topological polar surface area (TPSA) is 111 Å². The smallest absolute Gasteiger partial charge is 0.306 e. The summed E-state index contributed by atoms with van der Waals surface area (Å²) in [5.74, 6) is -2.26. The van der Waals surface area contributed by atoms with Crippen LogP contribution in [-0.2, 0) is 33.3 Å². The number of hydrogen-bond donors (Lipinski definition) is 0. The molecule has 0 aromatic heterocycles. The molecule has 0 saturated heterocycles. The molecule has 9 nitrogen and oxygen atoms in total. The summed E-state index contributed by atoms with van der Waals surface area (Å²) in [6.07, 6.45) is 99.5. The molecule has 0 fully saturated rings. The summed E-state index contributed by atoms with van der Waals surface area (Å²) in [6.45, 7) is 4.69. The Kier molecular flexibility index (Phi) is 71.0. The molecule has 2 atom stereocenters. The van der Waals surface area contributed by atoms with Crippen LogP contribution in [0, 0.1) is 0 Å². The number of carboxylic acids is 1. The van der Waals surface area contributed by atoms with Gasteiger partial charge >= 0.3 is 11.9 Å². The highest BCUT2D eigenvalue weighted by Gasteiger charge is 2.22. The third-order valence-electron chi connectivity index (χ3n) is 17.3. The van der Waals surface area contributed by atoms with E-state index >= 15 is 0 Å². The first-order valence-corrected chi connectivity index (χ1v) is 39.4. The zero-order valence-corrected chi connectivity index (χ0v) is 61.6. The molecule has 93 heavy (non-hydrogen) atoms. The number of rotatable bonds is 73. The number of unbranched alkanes of at least 4 members (excludes halogenated alkanes) is 42. The van der Waals surface area contributed by atoms with Crippen LogP contribution in [0.2, 0.25) is 0 Å². The number of carbonyl (C=O) groups excluding carboxylic acids is 3. The van der Waals surface area contributed by atoms with Crippen LogP contribution < -0.4 is 5.11 Å². The summed E-state index contributed by atoms with van der Waals surface area (Å²) >= 11 is 0. The lowest BCUT2D eigenvalue weighted by atomic mass is 10.0. The van der Waals surface area contributed by atoms with Crippen molar-refractivity contribution >= 4 is 17.9 Å². The minimum Gasteiger partial charge on any atom is -0.545 e. The van der Waals surface area contributed by atoms with Crippen LogP contribution in [0.3, 0.4) is 0 Å². The fourth-order valence-corrected chi connectivity index (χ4v) is 11.4. The number of nitrogens with zero attached hydrogens (tertiary/aromatic N) is 1. The number of ether oxygens (including phenoxy) is 4. The van der Waals surface area contributed by atoms with Gasteiger partial charge < -0.3 is 33.3 Å². The molecule has 0 saturated carbocycles. The summed E-state index contributed by atoms with van der Waals surface area (Å²) in [7, 11) is 5.94. The van der Waals surface area contributed by atoms with Gasteiger partial charge in [0.15, 0.2) is 12.4 Å². The van der Waals surface area contributed by atoms with Gasteiger partial charge in [0.1, 0.15) is 13.2 Å². The van der Waals surface area contributed by atoms with Crippen molar-refractivity contribution in [2.45, 2.75) is 373 Å². The molecule has 2 unspecified atom stereocenters. The summed E-state index contributed by atoms with van der Waals surface area (Å²) in [5, 5.41) is 11.9. The number of allylic oxidation sites excluding steroid dienone is 16. The van der Waals surface area contributed by atoms with Crippen molar-refractivity contribution < 1.29 is 42.9 Å². The maximum Gasteiger partial charge on any atom is 0.306 e. The first-order valence-electron chi connectivity index (χ1n) is 39.4. The first kappa shape index (κ1) is 89.2. The molecule has 0 amide bonds. The second-order valence-electron chi connectivity index (χ2n) is 27.6. The first-order chi connectivity index (χ1) is 45.6. The van der Waals surface area contributed by atoms with Gasteiger partial charge in [-0.2, -0.15) is 0 Å². The fourth-order valence-electron chi connectivity index (χ4n) is 11.4. The van der Waals surface area contributed by atoms with Crippen LogP contribution >= 0.6 is 0 Å². The van der Waals surface area contributed by atoms with E-state index in [1.54, 1.807) is 0 Å². The molecule has 0 aromatic rings. The van der Waals surface area contributed by atoms with E-state index in [0.717, 1.165) is 89.9 Å². The molecule has 0 spiro atoms. The Hall–Kier alpha value is -3.79. The van der Waals surface area contributed by atoms with E-state index in [1.165, 1.54) is 238 Å². The van der Waals surface area contributed by atoms with Gasteiger partial charge in [-0.05, 0) is 77.0 Å². The maximum atomic E-state index is 13.0. The largest absolute Gasteiger partial charge is 0.545 e. The lowest BCUT2D eigenvalue weighted by Gasteiger charge is -2.26. The summed E-state index contributed by atoms with van der Waals surface area (Å²) in [5.41, 5.74) is 0. The van der Waals surface area contributed by atoms with Gasteiger partial charge in [0.25, 0.3) is 0 Å². The molecule has 0 aromatic carbocycles. The van der Waals surface area contributed by atoms with Gasteiger partial charge in [-0.25, -0.2) is 0 Å². The van der Waals surface area contributed by atoms with Crippen LogP contribution in [0.5, 0.6) is 0 Å². The van der Waals surface area contributed by atoms with Crippen molar-refractivity contribution in [3.8, 4) is 0 Å². The molecule has 0 heterocycles. The molecule has 0 N–H and O–H groups in total. The highest BCUT2D eigenvalue weighted by molar-refractivity contribution is 5.70. The van der Waals surface area contributed by atoms with Gasteiger partial charge in [-0.15, -0.1) is 0 Å². The van der Waals surface area contributed by atoms with E-state index in [0.29, 0.717) is 23.9 Å². The Bertz CT molecular complexity index is 1850. The average molecular weight is 1300 g/mol. The van der Waals surface area contributed by atoms with Crippen molar-refractivity contribution in [1.29, 1.82) is 0 Å². The van der Waals surface area contributed by atoms with Crippen molar-refractivity contribution in [3.05, 3.63) is 97.2 Å². The Labute approximate surface area is 575 Å². The molecular formula is C84H149NO8. The highest BCUT2D eigenvalue weighted by Crippen LogP contribution is 2.19. The second kappa shape index (κ2) is 74.0. The standard InChI is InChI=1S/C84H149NO8/c1-6-8-10-12-14-16-18-20-22-24-26-28-30-32-34-36-37-38-39-40-41-42-43-44-45-47-49-51-53-55-57-59-61-63-65-67-69-71-73-75-82(87)93-80(79-92-84(83(88)89)90-77-76-85(3,4)5)78-91-81(86)74-72-70-68-66-64-62-60-58-56-54-52-50-48-46-35-33-31-29-27-25-23-21-19-17-15-13-11-9-7-2/h8,10,14,16,20,22,26,28,32,34,37-38,40-41,43-44,80,84H,6-7,9,11-13,15,17-19,21,23-25,27,29-31,33,35-36,39,42,45-79H2,1-5H3/b10-8-,16-14-,22-20-,28-26-,34-32-,38-37-,41-40-,44-43-. The van der Waals surface area contributed by atoms with Crippen LogP contribution in [0.1, 0.15) is 361 Å². The Morgan fingerprint density at radius 3 is 0.914 bits per heavy atom. The quantitative estimate of drug-likeness (QED) is 0.0195. The monoisotopic (exact) mass is 1300 g/mol. The van der Waals surface area contributed by atoms with E-state index in [2.05, 4.69) is 111 Å². The van der Waals surface area contributed by atoms with Crippen molar-refractivity contribution in [3.63, 3.8) is 0 Å². The average Bonchev–Trinajstić information content (AvgIpc) is 3.38. The van der Waals surface area contributed by atoms with Crippen LogP contribution in [-0.4, -0.2) is 82.3 Å². The third kappa shape index (κ3) is 75.5. The van der Waals surface area contributed by atoms with Crippen molar-refractivity contribution in [2.24, 2.45) is 0 Å². The van der Waals surface area contributed by atoms with E-state index in [-0.39, 0.29) is 32.2 Å². The van der Waals surface area contributed by atoms with Gasteiger partial charge in [0.05, 0.1) is 40.3 Å². The van der Waals surface area contributed by atoms with Crippen molar-refractivity contribution in [1.82, 2.24) is 0 Å². The number of likely N-dealkylation sites (N-methyl/N-ethyl adjacent to an activating group) is 1. The predicted octanol–water partition coefficient (Wildman–Crippen LogP) is 23.8. The third-order valence-corrected chi connectivity index (χ3v) is 17.3. The van der Waals surface area contributed by atoms with Gasteiger partial charge in [-0.1, -0.05) is 368 Å². The normalized spacial score (nSPS) is 13.2. The van der Waals surface area contributed by atoms with E-state index < -0.39 is 24.3 Å². The maximum absolute atomic E-state index is 13.0. The molecular weight excluding hydrogens is 1150 g/mol. The second-order valence-corrected chi connectivity index (χ2v) is 27.6. The van der Waals surface area contributed by atoms with E-state index in [1.807, 2.05) is 21.1 Å². The lowest BCUT2D eigenvalue weighted by Crippen LogP contribution is -2.44. The summed E-state index contributed by atoms with van der Waals surface area (Å²) in [6, 6.07) is 0. The van der Waals surface area contributed by atoms with Crippen LogP contribution in [0.15, 0.2) is 97.2 Å². The summed E-state index contributed by atoms with van der Waals surface area (Å²) in [4.78, 5) is 37.6. The van der Waals surface area contributed by atoms with Crippen LogP contribution in [0.4, 0.5) is 0 Å². The van der Waals surface area contributed by atoms with E-state index in [9.17, 15) is 19.5 Å². The molecule has 538 valence electrons. The van der Waals surface area contributed by atoms with E-state index in [4.69, 9.17) is 18.9 Å². The molecule has 0 aliphatic heterocycles. The molecule has 9 heteroatoms. The summed E-state index contributed by atoms with van der Waals surface area (Å²) < 4.78 is 22.9. The fraction of sp³-hybridized carbons (Fsp3) is 0.774. The Balaban J connectivity index is 4.04. The minimum atomic E-state index is -1.62. The molecule has 0 radical (unpaired) electrons.